The second kappa shape index (κ2) is 13.3. The van der Waals surface area contributed by atoms with Crippen LogP contribution in [0.3, 0.4) is 0 Å². The van der Waals surface area contributed by atoms with Crippen LogP contribution < -0.4 is 14.5 Å². The Morgan fingerprint density at radius 3 is 1.73 bits per heavy atom. The number of anilines is 2. The fourth-order valence-electron chi connectivity index (χ4n) is 6.24. The Labute approximate surface area is 259 Å². The van der Waals surface area contributed by atoms with Crippen LogP contribution in [0.2, 0.25) is 0 Å². The Morgan fingerprint density at radius 2 is 1.23 bits per heavy atom. The van der Waals surface area contributed by atoms with Crippen molar-refractivity contribution < 1.29 is 9.84 Å². The lowest BCUT2D eigenvalue weighted by Gasteiger charge is -2.20. The van der Waals surface area contributed by atoms with Gasteiger partial charge in [0.25, 0.3) is 0 Å². The number of nitriles is 1. The molecule has 0 radical (unpaired) electrons. The molecule has 2 aromatic heterocycles. The van der Waals surface area contributed by atoms with Crippen molar-refractivity contribution in [3.8, 4) is 11.8 Å². The third-order valence-electron chi connectivity index (χ3n) is 8.79. The van der Waals surface area contributed by atoms with Gasteiger partial charge in [-0.3, -0.25) is 9.97 Å². The van der Waals surface area contributed by atoms with Gasteiger partial charge < -0.3 is 19.6 Å². The van der Waals surface area contributed by atoms with E-state index in [-0.39, 0.29) is 6.61 Å². The van der Waals surface area contributed by atoms with E-state index < -0.39 is 0 Å². The molecule has 5 aromatic rings. The van der Waals surface area contributed by atoms with E-state index >= 15 is 0 Å². The van der Waals surface area contributed by atoms with Gasteiger partial charge in [-0.25, -0.2) is 0 Å². The Kier molecular flexibility index (Phi) is 8.90. The van der Waals surface area contributed by atoms with Crippen molar-refractivity contribution in [3.05, 3.63) is 101 Å². The average molecular weight is 586 g/mol. The van der Waals surface area contributed by atoms with Gasteiger partial charge in [0.05, 0.1) is 29.3 Å². The highest BCUT2D eigenvalue weighted by Crippen LogP contribution is 2.32. The number of hydrogen-bond acceptors (Lipinski definition) is 7. The van der Waals surface area contributed by atoms with E-state index in [1.165, 1.54) is 53.4 Å². The smallest absolute Gasteiger partial charge is 0.119 e. The van der Waals surface area contributed by atoms with E-state index in [1.807, 2.05) is 37.5 Å². The number of rotatable bonds is 6. The maximum atomic E-state index is 9.32. The highest BCUT2D eigenvalue weighted by atomic mass is 16.5. The lowest BCUT2D eigenvalue weighted by atomic mass is 10.0. The van der Waals surface area contributed by atoms with E-state index in [4.69, 9.17) is 10.00 Å². The van der Waals surface area contributed by atoms with Crippen molar-refractivity contribution in [2.75, 3.05) is 36.0 Å². The number of aliphatic hydroxyl groups is 1. The van der Waals surface area contributed by atoms with Crippen molar-refractivity contribution >= 4 is 33.2 Å². The zero-order valence-electron chi connectivity index (χ0n) is 25.6. The average Bonchev–Trinajstić information content (AvgIpc) is 3.79. The van der Waals surface area contributed by atoms with Crippen LogP contribution in [0.4, 0.5) is 11.4 Å². The molecule has 2 saturated heterocycles. The van der Waals surface area contributed by atoms with Gasteiger partial charge in [0.1, 0.15) is 12.4 Å². The van der Waals surface area contributed by atoms with E-state index in [1.54, 1.807) is 12.1 Å². The molecular formula is C37H39N5O2. The zero-order chi connectivity index (χ0) is 30.5. The molecule has 2 fully saturated rings. The fourth-order valence-corrected chi connectivity index (χ4v) is 6.24. The molecule has 0 bridgehead atoms. The molecule has 0 amide bonds. The lowest BCUT2D eigenvalue weighted by Crippen LogP contribution is -2.18. The van der Waals surface area contributed by atoms with Crippen LogP contribution in [-0.4, -0.2) is 41.3 Å². The molecule has 224 valence electrons. The summed E-state index contributed by atoms with van der Waals surface area (Å²) in [5.74, 6) is 0.766. The number of aromatic nitrogens is 2. The van der Waals surface area contributed by atoms with Crippen LogP contribution >= 0.6 is 0 Å². The van der Waals surface area contributed by atoms with Gasteiger partial charge in [-0.05, 0) is 122 Å². The summed E-state index contributed by atoms with van der Waals surface area (Å²) in [5, 5.41) is 20.6. The Bertz CT molecular complexity index is 1800. The molecule has 2 aliphatic rings. The van der Waals surface area contributed by atoms with Crippen LogP contribution in [0.15, 0.2) is 73.1 Å². The molecular weight excluding hydrogens is 546 g/mol. The van der Waals surface area contributed by atoms with Crippen molar-refractivity contribution in [2.45, 2.75) is 52.7 Å². The normalized spacial score (nSPS) is 14.5. The third-order valence-corrected chi connectivity index (χ3v) is 8.79. The Hall–Kier alpha value is -4.67. The van der Waals surface area contributed by atoms with Crippen molar-refractivity contribution in [1.29, 1.82) is 5.26 Å². The molecule has 7 rings (SSSR count). The molecule has 0 atom stereocenters. The Balaban J connectivity index is 0.000000167. The summed E-state index contributed by atoms with van der Waals surface area (Å²) in [4.78, 5) is 13.9. The molecule has 2 aliphatic heterocycles. The molecule has 0 spiro atoms. The molecule has 0 unspecified atom stereocenters. The van der Waals surface area contributed by atoms with Crippen LogP contribution in [0.25, 0.3) is 21.8 Å². The second-order valence-electron chi connectivity index (χ2n) is 11.7. The van der Waals surface area contributed by atoms with Gasteiger partial charge >= 0.3 is 0 Å². The monoisotopic (exact) mass is 585 g/mol. The first-order valence-electron chi connectivity index (χ1n) is 15.5. The van der Waals surface area contributed by atoms with Crippen LogP contribution in [0.5, 0.6) is 5.75 Å². The number of aliphatic hydroxyl groups excluding tert-OH is 1. The van der Waals surface area contributed by atoms with Gasteiger partial charge in [-0.1, -0.05) is 0 Å². The van der Waals surface area contributed by atoms with Gasteiger partial charge in [0.15, 0.2) is 0 Å². The third kappa shape index (κ3) is 6.31. The highest BCUT2D eigenvalue weighted by Gasteiger charge is 2.17. The molecule has 0 aliphatic carbocycles. The molecule has 4 heterocycles. The second-order valence-corrected chi connectivity index (χ2v) is 11.7. The summed E-state index contributed by atoms with van der Waals surface area (Å²) in [7, 11) is 0. The number of ether oxygens (including phenoxy) is 1. The number of aryl methyl sites for hydroxylation is 2. The lowest BCUT2D eigenvalue weighted by molar-refractivity contribution is 0.281. The maximum Gasteiger partial charge on any atom is 0.119 e. The largest absolute Gasteiger partial charge is 0.489 e. The minimum Gasteiger partial charge on any atom is -0.489 e. The van der Waals surface area contributed by atoms with Gasteiger partial charge in [0, 0.05) is 60.7 Å². The van der Waals surface area contributed by atoms with Crippen molar-refractivity contribution in [2.24, 2.45) is 0 Å². The van der Waals surface area contributed by atoms with E-state index in [0.29, 0.717) is 12.2 Å². The minimum absolute atomic E-state index is 0.0807. The summed E-state index contributed by atoms with van der Waals surface area (Å²) in [6, 6.07) is 22.1. The quantitative estimate of drug-likeness (QED) is 0.225. The zero-order valence-corrected chi connectivity index (χ0v) is 25.6. The molecule has 3 aromatic carbocycles. The van der Waals surface area contributed by atoms with Crippen LogP contribution in [0, 0.1) is 25.2 Å². The number of pyridine rings is 2. The fraction of sp³-hybridized carbons (Fsp3) is 0.324. The number of nitrogens with zero attached hydrogens (tertiary/aromatic N) is 5. The highest BCUT2D eigenvalue weighted by molar-refractivity contribution is 5.93. The van der Waals surface area contributed by atoms with Crippen LogP contribution in [-0.2, 0) is 13.2 Å². The predicted octanol–water partition coefficient (Wildman–Crippen LogP) is 7.23. The molecule has 7 heteroatoms. The van der Waals surface area contributed by atoms with Gasteiger partial charge in [0.2, 0.25) is 0 Å². The van der Waals surface area contributed by atoms with Gasteiger partial charge in [-0.2, -0.15) is 5.26 Å². The number of fused-ring (bicyclic) bond motifs is 2. The summed E-state index contributed by atoms with van der Waals surface area (Å²) in [6.07, 6.45) is 8.84. The summed E-state index contributed by atoms with van der Waals surface area (Å²) in [6.45, 7) is 9.27. The first-order valence-corrected chi connectivity index (χ1v) is 15.5. The van der Waals surface area contributed by atoms with E-state index in [9.17, 15) is 5.11 Å². The number of benzene rings is 3. The SMILES string of the molecule is Cc1cc2c(N3CCCC3)ccnc2cc1CO.Cc1cc2c(N3CCCC3)ccnc2cc1COc1ccc(C#N)cc1. The summed E-state index contributed by atoms with van der Waals surface area (Å²) >= 11 is 0. The summed E-state index contributed by atoms with van der Waals surface area (Å²) in [5.41, 5.74) is 9.64. The first-order chi connectivity index (χ1) is 21.5. The summed E-state index contributed by atoms with van der Waals surface area (Å²) < 4.78 is 5.90. The van der Waals surface area contributed by atoms with Crippen molar-refractivity contribution in [3.63, 3.8) is 0 Å². The topological polar surface area (TPSA) is 85.5 Å². The minimum atomic E-state index is 0.0807. The predicted molar refractivity (Wildman–Crippen MR) is 177 cm³/mol. The van der Waals surface area contributed by atoms with Gasteiger partial charge in [-0.15, -0.1) is 0 Å². The standard InChI is InChI=1S/C22H21N3O.C15H18N2O/c1-16-12-20-21(24-9-8-22(20)25-10-2-3-11-25)13-18(16)15-26-19-6-4-17(14-23)5-7-19;1-11-8-13-14(9-12(11)10-18)16-5-4-15(13)17-6-2-3-7-17/h4-9,12-13H,2-3,10-11,15H2,1H3;4-5,8-9,18H,2-3,6-7,10H2,1H3. The molecule has 7 nitrogen and oxygen atoms in total. The molecule has 1 N–H and O–H groups in total. The van der Waals surface area contributed by atoms with E-state index in [0.717, 1.165) is 59.7 Å². The first kappa shape index (κ1) is 29.4. The molecule has 44 heavy (non-hydrogen) atoms. The van der Waals surface area contributed by atoms with Crippen molar-refractivity contribution in [1.82, 2.24) is 9.97 Å². The maximum absolute atomic E-state index is 9.32. The van der Waals surface area contributed by atoms with E-state index in [2.05, 4.69) is 63.1 Å². The Morgan fingerprint density at radius 1 is 0.727 bits per heavy atom. The number of hydrogen-bond donors (Lipinski definition) is 1. The van der Waals surface area contributed by atoms with Crippen LogP contribution in [0.1, 0.15) is 53.5 Å². The molecule has 0 saturated carbocycles.